The molecule has 0 bridgehead atoms. The average Bonchev–Trinajstić information content (AvgIpc) is 2.46. The Labute approximate surface area is 118 Å². The van der Waals surface area contributed by atoms with Crippen molar-refractivity contribution in [3.8, 4) is 0 Å². The lowest BCUT2D eigenvalue weighted by molar-refractivity contribution is -0.385. The Kier molecular flexibility index (Phi) is 4.86. The molecule has 110 valence electrons. The van der Waals surface area contributed by atoms with Gasteiger partial charge in [-0.25, -0.2) is 4.98 Å². The van der Waals surface area contributed by atoms with E-state index in [-0.39, 0.29) is 11.8 Å². The predicted octanol–water partition coefficient (Wildman–Crippen LogP) is 1.43. The Morgan fingerprint density at radius 3 is 3.15 bits per heavy atom. The molecule has 1 aliphatic rings. The fraction of sp³-hybridized carbons (Fsp3) is 0.615. The number of likely N-dealkylation sites (N-methyl/N-ethyl adjacent to an activating group) is 1. The summed E-state index contributed by atoms with van der Waals surface area (Å²) in [5, 5.41) is 14.0. The third-order valence-corrected chi connectivity index (χ3v) is 3.45. The summed E-state index contributed by atoms with van der Waals surface area (Å²) in [5.41, 5.74) is 0.647. The first-order valence-corrected chi connectivity index (χ1v) is 6.79. The summed E-state index contributed by atoms with van der Waals surface area (Å²) in [4.78, 5) is 17.0. The van der Waals surface area contributed by atoms with Crippen LogP contribution >= 0.6 is 0 Å². The normalized spacial score (nSPS) is 19.8. The Morgan fingerprint density at radius 2 is 2.45 bits per heavy atom. The Bertz CT molecular complexity index is 481. The third-order valence-electron chi connectivity index (χ3n) is 3.45. The maximum absolute atomic E-state index is 10.9. The van der Waals surface area contributed by atoms with Crippen molar-refractivity contribution < 1.29 is 9.66 Å². The molecule has 0 spiro atoms. The molecule has 1 aromatic heterocycles. The van der Waals surface area contributed by atoms with E-state index in [9.17, 15) is 10.1 Å². The third kappa shape index (κ3) is 3.64. The number of rotatable bonds is 5. The van der Waals surface area contributed by atoms with Crippen LogP contribution in [0.25, 0.3) is 0 Å². The molecule has 0 saturated carbocycles. The van der Waals surface area contributed by atoms with Crippen molar-refractivity contribution in [2.45, 2.75) is 20.0 Å². The van der Waals surface area contributed by atoms with Gasteiger partial charge < -0.3 is 10.1 Å². The minimum absolute atomic E-state index is 0.0854. The second-order valence-corrected chi connectivity index (χ2v) is 4.88. The van der Waals surface area contributed by atoms with Gasteiger partial charge in [-0.3, -0.25) is 15.0 Å². The van der Waals surface area contributed by atoms with Crippen molar-refractivity contribution in [3.63, 3.8) is 0 Å². The van der Waals surface area contributed by atoms with Gasteiger partial charge in [0.05, 0.1) is 23.7 Å². The van der Waals surface area contributed by atoms with Crippen molar-refractivity contribution in [2.75, 3.05) is 38.1 Å². The zero-order chi connectivity index (χ0) is 14.5. The summed E-state index contributed by atoms with van der Waals surface area (Å²) in [6.07, 6.45) is 1.60. The molecule has 1 fully saturated rings. The van der Waals surface area contributed by atoms with Crippen LogP contribution in [-0.4, -0.2) is 53.7 Å². The van der Waals surface area contributed by atoms with Crippen molar-refractivity contribution in [3.05, 3.63) is 27.9 Å². The summed E-state index contributed by atoms with van der Waals surface area (Å²) in [7, 11) is 0. The van der Waals surface area contributed by atoms with Crippen LogP contribution in [0, 0.1) is 17.0 Å². The van der Waals surface area contributed by atoms with E-state index < -0.39 is 4.92 Å². The van der Waals surface area contributed by atoms with Crippen LogP contribution < -0.4 is 5.32 Å². The number of aryl methyl sites for hydroxylation is 1. The van der Waals surface area contributed by atoms with Crippen LogP contribution in [0.3, 0.4) is 0 Å². The maximum atomic E-state index is 10.9. The predicted molar refractivity (Wildman–Crippen MR) is 76.0 cm³/mol. The molecule has 2 rings (SSSR count). The molecule has 7 heteroatoms. The highest BCUT2D eigenvalue weighted by Crippen LogP contribution is 2.20. The van der Waals surface area contributed by atoms with Crippen LogP contribution in [0.15, 0.2) is 12.3 Å². The molecule has 0 amide bonds. The van der Waals surface area contributed by atoms with Gasteiger partial charge in [0.2, 0.25) is 0 Å². The summed E-state index contributed by atoms with van der Waals surface area (Å²) >= 11 is 0. The van der Waals surface area contributed by atoms with Gasteiger partial charge in [-0.1, -0.05) is 6.92 Å². The quantitative estimate of drug-likeness (QED) is 0.649. The number of pyridine rings is 1. The molecule has 1 aliphatic heterocycles. The molecule has 0 aromatic carbocycles. The molecule has 0 radical (unpaired) electrons. The fourth-order valence-electron chi connectivity index (χ4n) is 2.22. The molecule has 2 heterocycles. The van der Waals surface area contributed by atoms with Gasteiger partial charge in [-0.2, -0.15) is 0 Å². The monoisotopic (exact) mass is 280 g/mol. The fourth-order valence-corrected chi connectivity index (χ4v) is 2.22. The maximum Gasteiger partial charge on any atom is 0.277 e. The SMILES string of the molecule is CCN1CCOC(CNc2cc([N+](=O)[O-])c(C)cn2)C1. The topological polar surface area (TPSA) is 80.5 Å². The first-order chi connectivity index (χ1) is 9.60. The van der Waals surface area contributed by atoms with E-state index >= 15 is 0 Å². The van der Waals surface area contributed by atoms with E-state index in [1.165, 1.54) is 12.3 Å². The highest BCUT2D eigenvalue weighted by molar-refractivity contribution is 5.48. The summed E-state index contributed by atoms with van der Waals surface area (Å²) < 4.78 is 5.67. The smallest absolute Gasteiger partial charge is 0.277 e. The molecular weight excluding hydrogens is 260 g/mol. The van der Waals surface area contributed by atoms with Crippen LogP contribution in [0.4, 0.5) is 11.5 Å². The van der Waals surface area contributed by atoms with Crippen molar-refractivity contribution >= 4 is 11.5 Å². The Morgan fingerprint density at radius 1 is 1.65 bits per heavy atom. The Balaban J connectivity index is 1.93. The Hall–Kier alpha value is -1.73. The van der Waals surface area contributed by atoms with Crippen LogP contribution in [-0.2, 0) is 4.74 Å². The van der Waals surface area contributed by atoms with E-state index in [4.69, 9.17) is 4.74 Å². The second-order valence-electron chi connectivity index (χ2n) is 4.88. The van der Waals surface area contributed by atoms with Gasteiger partial charge in [0, 0.05) is 31.4 Å². The van der Waals surface area contributed by atoms with Crippen LogP contribution in [0.1, 0.15) is 12.5 Å². The molecule has 1 saturated heterocycles. The van der Waals surface area contributed by atoms with Gasteiger partial charge >= 0.3 is 0 Å². The molecule has 0 aliphatic carbocycles. The number of aromatic nitrogens is 1. The number of morpholine rings is 1. The number of ether oxygens (including phenoxy) is 1. The first-order valence-electron chi connectivity index (χ1n) is 6.79. The lowest BCUT2D eigenvalue weighted by atomic mass is 10.2. The summed E-state index contributed by atoms with van der Waals surface area (Å²) in [5.74, 6) is 0.513. The van der Waals surface area contributed by atoms with E-state index in [1.807, 2.05) is 0 Å². The number of nitrogens with zero attached hydrogens (tertiary/aromatic N) is 3. The van der Waals surface area contributed by atoms with Crippen LogP contribution in [0.2, 0.25) is 0 Å². The number of anilines is 1. The van der Waals surface area contributed by atoms with Crippen molar-refractivity contribution in [1.29, 1.82) is 0 Å². The lowest BCUT2D eigenvalue weighted by Gasteiger charge is -2.32. The second kappa shape index (κ2) is 6.62. The average molecular weight is 280 g/mol. The zero-order valence-corrected chi connectivity index (χ0v) is 11.8. The molecule has 7 nitrogen and oxygen atoms in total. The number of hydrogen-bond donors (Lipinski definition) is 1. The van der Waals surface area contributed by atoms with E-state index in [1.54, 1.807) is 6.92 Å². The standard InChI is InChI=1S/C13H20N4O3/c1-3-16-4-5-20-11(9-16)8-15-13-6-12(17(18)19)10(2)7-14-13/h6-7,11H,3-5,8-9H2,1-2H3,(H,14,15). The van der Waals surface area contributed by atoms with E-state index in [0.717, 1.165) is 26.2 Å². The highest BCUT2D eigenvalue weighted by Gasteiger charge is 2.19. The van der Waals surface area contributed by atoms with Gasteiger partial charge in [0.15, 0.2) is 0 Å². The van der Waals surface area contributed by atoms with Gasteiger partial charge in [-0.05, 0) is 13.5 Å². The van der Waals surface area contributed by atoms with E-state index in [2.05, 4.69) is 22.1 Å². The molecule has 20 heavy (non-hydrogen) atoms. The molecule has 1 aromatic rings. The van der Waals surface area contributed by atoms with Crippen molar-refractivity contribution in [2.24, 2.45) is 0 Å². The van der Waals surface area contributed by atoms with E-state index in [0.29, 0.717) is 17.9 Å². The van der Waals surface area contributed by atoms with Gasteiger partial charge in [0.25, 0.3) is 5.69 Å². The molecule has 1 atom stereocenters. The molecular formula is C13H20N4O3. The van der Waals surface area contributed by atoms with Crippen LogP contribution in [0.5, 0.6) is 0 Å². The first kappa shape index (κ1) is 14.7. The van der Waals surface area contributed by atoms with Crippen molar-refractivity contribution in [1.82, 2.24) is 9.88 Å². The molecule has 1 N–H and O–H groups in total. The lowest BCUT2D eigenvalue weighted by Crippen LogP contribution is -2.45. The highest BCUT2D eigenvalue weighted by atomic mass is 16.6. The van der Waals surface area contributed by atoms with Gasteiger partial charge in [0.1, 0.15) is 5.82 Å². The zero-order valence-electron chi connectivity index (χ0n) is 11.8. The summed E-state index contributed by atoms with van der Waals surface area (Å²) in [6.45, 7) is 7.97. The van der Waals surface area contributed by atoms with Gasteiger partial charge in [-0.15, -0.1) is 0 Å². The number of hydrogen-bond acceptors (Lipinski definition) is 6. The minimum atomic E-state index is -0.391. The largest absolute Gasteiger partial charge is 0.374 e. The minimum Gasteiger partial charge on any atom is -0.374 e. The number of nitro groups is 1. The molecule has 1 unspecified atom stereocenters. The summed E-state index contributed by atoms with van der Waals surface area (Å²) in [6, 6.07) is 1.47. The number of nitrogens with one attached hydrogen (secondary N) is 1.